The standard InChI is InChI=1S/C32H32N2O4.C23H27NO3/c1-23-30(33-31(38-23)26-12-6-3-7-13-26)16-18-37-28-14-8-11-25(20-28)19-27-22-34(17-15-29(27)32(35)36)21-24-9-4-2-5-10-24;1-3-27-23(25)22-12-13-24(16-18-8-5-4-6-9-18)17-20(22)14-19-10-7-11-21(15-19)26-2/h2-14,20H,15-19,21-22H2,1H3,(H,35,36);4-11,15H,3,12-14,16-17H2,1-2H3. The molecule has 0 aliphatic carbocycles. The number of carboxylic acid groups (broad SMARTS) is 1. The number of hydrogen-bond acceptors (Lipinski definition) is 9. The molecule has 6 aromatic rings. The lowest BCUT2D eigenvalue weighted by molar-refractivity contribution is -0.139. The first-order valence-corrected chi connectivity index (χ1v) is 22.5. The van der Waals surface area contributed by atoms with Gasteiger partial charge in [-0.25, -0.2) is 14.6 Å². The Morgan fingerprint density at radius 1 is 0.677 bits per heavy atom. The molecule has 0 amide bonds. The quantitative estimate of drug-likeness (QED) is 0.0889. The third-order valence-electron chi connectivity index (χ3n) is 11.7. The molecule has 0 bridgehead atoms. The van der Waals surface area contributed by atoms with E-state index in [4.69, 9.17) is 18.6 Å². The molecule has 2 aliphatic rings. The molecule has 0 spiro atoms. The van der Waals surface area contributed by atoms with Crippen molar-refractivity contribution in [2.45, 2.75) is 59.0 Å². The number of aromatic nitrogens is 1. The molecule has 8 rings (SSSR count). The number of ether oxygens (including phenoxy) is 3. The molecule has 2 aliphatic heterocycles. The number of benzene rings is 5. The van der Waals surface area contributed by atoms with E-state index < -0.39 is 5.97 Å². The summed E-state index contributed by atoms with van der Waals surface area (Å²) < 4.78 is 22.6. The van der Waals surface area contributed by atoms with Crippen LogP contribution in [0.1, 0.15) is 53.5 Å². The fraction of sp³-hybridized carbons (Fsp3) is 0.291. The van der Waals surface area contributed by atoms with Crippen LogP contribution in [0.4, 0.5) is 0 Å². The molecule has 0 saturated heterocycles. The number of aliphatic carboxylic acids is 1. The van der Waals surface area contributed by atoms with Crippen LogP contribution >= 0.6 is 0 Å². The molecule has 0 radical (unpaired) electrons. The zero-order chi connectivity index (χ0) is 45.4. The number of carbonyl (C=O) groups excluding carboxylic acids is 1. The summed E-state index contributed by atoms with van der Waals surface area (Å²) in [5.41, 5.74) is 10.0. The summed E-state index contributed by atoms with van der Waals surface area (Å²) in [4.78, 5) is 33.8. The molecule has 0 unspecified atom stereocenters. The van der Waals surface area contributed by atoms with Crippen molar-refractivity contribution >= 4 is 11.9 Å². The van der Waals surface area contributed by atoms with Gasteiger partial charge in [0.1, 0.15) is 17.3 Å². The number of carboxylic acids is 1. The van der Waals surface area contributed by atoms with Crippen LogP contribution in [0.5, 0.6) is 11.5 Å². The van der Waals surface area contributed by atoms with Gasteiger partial charge in [-0.05, 0) is 109 Å². The Hall–Kier alpha value is -6.75. The Balaban J connectivity index is 0.000000206. The van der Waals surface area contributed by atoms with Gasteiger partial charge in [-0.2, -0.15) is 0 Å². The molecule has 10 heteroatoms. The number of esters is 1. The zero-order valence-electron chi connectivity index (χ0n) is 37.7. The minimum Gasteiger partial charge on any atom is -0.497 e. The summed E-state index contributed by atoms with van der Waals surface area (Å²) in [5.74, 6) is 2.03. The predicted molar refractivity (Wildman–Crippen MR) is 254 cm³/mol. The molecular weight excluding hydrogens is 815 g/mol. The second-order valence-corrected chi connectivity index (χ2v) is 16.4. The summed E-state index contributed by atoms with van der Waals surface area (Å²) in [6, 6.07) is 46.6. The molecule has 3 heterocycles. The van der Waals surface area contributed by atoms with E-state index >= 15 is 0 Å². The van der Waals surface area contributed by atoms with Crippen LogP contribution in [-0.2, 0) is 46.7 Å². The Kier molecular flexibility index (Phi) is 16.5. The first-order chi connectivity index (χ1) is 31.7. The number of carbonyl (C=O) groups is 2. The lowest BCUT2D eigenvalue weighted by atomic mass is 9.94. The second kappa shape index (κ2) is 23.3. The Labute approximate surface area is 382 Å². The summed E-state index contributed by atoms with van der Waals surface area (Å²) in [5, 5.41) is 9.82. The molecule has 1 aromatic heterocycles. The highest BCUT2D eigenvalue weighted by Gasteiger charge is 2.26. The highest BCUT2D eigenvalue weighted by Crippen LogP contribution is 2.28. The van der Waals surface area contributed by atoms with Gasteiger partial charge in [0.15, 0.2) is 0 Å². The van der Waals surface area contributed by atoms with Gasteiger partial charge in [-0.1, -0.05) is 103 Å². The van der Waals surface area contributed by atoms with Crippen molar-refractivity contribution < 1.29 is 33.3 Å². The number of rotatable bonds is 17. The van der Waals surface area contributed by atoms with Crippen molar-refractivity contribution in [2.75, 3.05) is 46.5 Å². The summed E-state index contributed by atoms with van der Waals surface area (Å²) >= 11 is 0. The number of methoxy groups -OCH3 is 1. The van der Waals surface area contributed by atoms with Crippen molar-refractivity contribution in [3.8, 4) is 23.0 Å². The largest absolute Gasteiger partial charge is 0.497 e. The van der Waals surface area contributed by atoms with Gasteiger partial charge in [0, 0.05) is 62.4 Å². The van der Waals surface area contributed by atoms with Crippen LogP contribution in [-0.4, -0.2) is 78.3 Å². The average molecular weight is 874 g/mol. The van der Waals surface area contributed by atoms with E-state index in [2.05, 4.69) is 57.2 Å². The summed E-state index contributed by atoms with van der Waals surface area (Å²) in [6.45, 7) is 9.39. The van der Waals surface area contributed by atoms with Gasteiger partial charge < -0.3 is 23.7 Å². The van der Waals surface area contributed by atoms with Crippen LogP contribution in [0.3, 0.4) is 0 Å². The normalized spacial score (nSPS) is 14.4. The van der Waals surface area contributed by atoms with Gasteiger partial charge in [0.05, 0.1) is 26.0 Å². The van der Waals surface area contributed by atoms with E-state index in [0.29, 0.717) is 50.5 Å². The molecule has 0 saturated carbocycles. The summed E-state index contributed by atoms with van der Waals surface area (Å²) in [7, 11) is 1.67. The molecule has 336 valence electrons. The number of oxazole rings is 1. The Morgan fingerprint density at radius 2 is 1.20 bits per heavy atom. The lowest BCUT2D eigenvalue weighted by Gasteiger charge is -2.30. The average Bonchev–Trinajstić information content (AvgIpc) is 3.70. The zero-order valence-corrected chi connectivity index (χ0v) is 37.7. The van der Waals surface area contributed by atoms with Crippen LogP contribution in [0, 0.1) is 6.92 Å². The van der Waals surface area contributed by atoms with Crippen LogP contribution in [0.2, 0.25) is 0 Å². The highest BCUT2D eigenvalue weighted by atomic mass is 16.5. The van der Waals surface area contributed by atoms with Crippen molar-refractivity contribution in [1.82, 2.24) is 14.8 Å². The van der Waals surface area contributed by atoms with Gasteiger partial charge >= 0.3 is 11.9 Å². The van der Waals surface area contributed by atoms with Crippen LogP contribution < -0.4 is 9.47 Å². The van der Waals surface area contributed by atoms with Crippen molar-refractivity contribution in [3.63, 3.8) is 0 Å². The van der Waals surface area contributed by atoms with Crippen molar-refractivity contribution in [2.24, 2.45) is 0 Å². The minimum atomic E-state index is -0.815. The monoisotopic (exact) mass is 873 g/mol. The SMILES string of the molecule is CCOC(=O)C1=C(Cc2cccc(OC)c2)CN(Cc2ccccc2)CC1.Cc1oc(-c2ccccc2)nc1CCOc1cccc(CC2=C(C(=O)O)CCN(Cc3ccccc3)C2)c1. The van der Waals surface area contributed by atoms with E-state index in [1.807, 2.05) is 111 Å². The Morgan fingerprint density at radius 3 is 1.77 bits per heavy atom. The molecule has 65 heavy (non-hydrogen) atoms. The molecule has 0 fully saturated rings. The van der Waals surface area contributed by atoms with Crippen molar-refractivity contribution in [1.29, 1.82) is 0 Å². The fourth-order valence-electron chi connectivity index (χ4n) is 8.43. The topological polar surface area (TPSA) is 115 Å². The van der Waals surface area contributed by atoms with E-state index in [1.165, 1.54) is 11.1 Å². The molecule has 5 aromatic carbocycles. The number of aryl methyl sites for hydroxylation is 1. The van der Waals surface area contributed by atoms with E-state index in [-0.39, 0.29) is 5.97 Å². The molecule has 1 N–H and O–H groups in total. The second-order valence-electron chi connectivity index (χ2n) is 16.4. The Bertz CT molecular complexity index is 2550. The summed E-state index contributed by atoms with van der Waals surface area (Å²) in [6.07, 6.45) is 3.24. The first-order valence-electron chi connectivity index (χ1n) is 22.5. The molecular formula is C55H59N3O7. The first kappa shape index (κ1) is 46.2. The number of hydrogen-bond donors (Lipinski definition) is 1. The van der Waals surface area contributed by atoms with Gasteiger partial charge in [-0.15, -0.1) is 0 Å². The van der Waals surface area contributed by atoms with Crippen molar-refractivity contribution in [3.05, 3.63) is 196 Å². The fourth-order valence-corrected chi connectivity index (χ4v) is 8.43. The third kappa shape index (κ3) is 13.4. The van der Waals surface area contributed by atoms with Crippen LogP contribution in [0.25, 0.3) is 11.5 Å². The minimum absolute atomic E-state index is 0.172. The maximum Gasteiger partial charge on any atom is 0.334 e. The lowest BCUT2D eigenvalue weighted by Crippen LogP contribution is -2.34. The smallest absolute Gasteiger partial charge is 0.334 e. The van der Waals surface area contributed by atoms with Gasteiger partial charge in [-0.3, -0.25) is 9.80 Å². The highest BCUT2D eigenvalue weighted by molar-refractivity contribution is 5.90. The van der Waals surface area contributed by atoms with E-state index in [9.17, 15) is 14.7 Å². The van der Waals surface area contributed by atoms with Crippen LogP contribution in [0.15, 0.2) is 166 Å². The maximum absolute atomic E-state index is 12.5. The number of nitrogens with zero attached hydrogens (tertiary/aromatic N) is 3. The van der Waals surface area contributed by atoms with E-state index in [0.717, 1.165) is 102 Å². The molecule has 0 atom stereocenters. The maximum atomic E-state index is 12.5. The molecule has 10 nitrogen and oxygen atoms in total. The van der Waals surface area contributed by atoms with E-state index in [1.54, 1.807) is 7.11 Å². The van der Waals surface area contributed by atoms with Gasteiger partial charge in [0.25, 0.3) is 0 Å². The third-order valence-corrected chi connectivity index (χ3v) is 11.7. The predicted octanol–water partition coefficient (Wildman–Crippen LogP) is 10.1. The van der Waals surface area contributed by atoms with Gasteiger partial charge in [0.2, 0.25) is 5.89 Å².